The van der Waals surface area contributed by atoms with Gasteiger partial charge in [-0.1, -0.05) is 6.07 Å². The van der Waals surface area contributed by atoms with Crippen LogP contribution in [0.5, 0.6) is 0 Å². The van der Waals surface area contributed by atoms with Crippen LogP contribution in [0.1, 0.15) is 18.1 Å². The Kier molecular flexibility index (Phi) is 4.23. The summed E-state index contributed by atoms with van der Waals surface area (Å²) < 4.78 is 26.2. The summed E-state index contributed by atoms with van der Waals surface area (Å²) in [4.78, 5) is 0.0665. The first-order valence-electron chi connectivity index (χ1n) is 5.04. The largest absolute Gasteiger partial charge is 0.395 e. The average Bonchev–Trinajstić information content (AvgIpc) is 2.28. The zero-order valence-electron chi connectivity index (χ0n) is 9.64. The van der Waals surface area contributed by atoms with Gasteiger partial charge in [-0.3, -0.25) is 0 Å². The van der Waals surface area contributed by atoms with Gasteiger partial charge in [0.1, 0.15) is 0 Å². The molecule has 0 aliphatic heterocycles. The number of nitrogens with one attached hydrogen (secondary N) is 1. The Hall–Kier alpha value is -1.42. The number of benzene rings is 1. The van der Waals surface area contributed by atoms with Crippen molar-refractivity contribution in [3.05, 3.63) is 29.3 Å². The van der Waals surface area contributed by atoms with E-state index in [9.17, 15) is 8.42 Å². The van der Waals surface area contributed by atoms with Gasteiger partial charge in [-0.05, 0) is 31.5 Å². The van der Waals surface area contributed by atoms with Crippen molar-refractivity contribution in [2.24, 2.45) is 0 Å². The fraction of sp³-hybridized carbons (Fsp3) is 0.364. The van der Waals surface area contributed by atoms with Gasteiger partial charge in [-0.2, -0.15) is 5.26 Å². The molecule has 0 heterocycles. The lowest BCUT2D eigenvalue weighted by Crippen LogP contribution is -2.35. The van der Waals surface area contributed by atoms with Crippen LogP contribution < -0.4 is 4.72 Å². The van der Waals surface area contributed by atoms with E-state index in [1.165, 1.54) is 6.07 Å². The molecule has 0 aromatic heterocycles. The Morgan fingerprint density at radius 1 is 1.53 bits per heavy atom. The number of aliphatic hydroxyl groups is 1. The standard InChI is InChI=1S/C11H14N2O3S/c1-8-3-4-10(6-12)5-11(8)17(15,16)13-9(2)7-14/h3-5,9,13-14H,7H2,1-2H3/t9-/m0/s1. The number of nitriles is 1. The molecule has 1 aromatic rings. The van der Waals surface area contributed by atoms with Crippen molar-refractivity contribution in [2.45, 2.75) is 24.8 Å². The monoisotopic (exact) mass is 254 g/mol. The van der Waals surface area contributed by atoms with Crippen LogP contribution in [0.15, 0.2) is 23.1 Å². The second kappa shape index (κ2) is 5.27. The van der Waals surface area contributed by atoms with Gasteiger partial charge < -0.3 is 5.11 Å². The number of rotatable bonds is 4. The van der Waals surface area contributed by atoms with Crippen LogP contribution in [0.25, 0.3) is 0 Å². The van der Waals surface area contributed by atoms with Crippen LogP contribution in [0, 0.1) is 18.3 Å². The maximum Gasteiger partial charge on any atom is 0.241 e. The molecule has 1 aromatic carbocycles. The molecule has 0 spiro atoms. The number of aryl methyl sites for hydroxylation is 1. The van der Waals surface area contributed by atoms with Crippen molar-refractivity contribution < 1.29 is 13.5 Å². The highest BCUT2D eigenvalue weighted by Gasteiger charge is 2.19. The molecular formula is C11H14N2O3S. The number of hydrogen-bond donors (Lipinski definition) is 2. The van der Waals surface area contributed by atoms with Crippen LogP contribution in [-0.4, -0.2) is 26.2 Å². The van der Waals surface area contributed by atoms with Crippen LogP contribution in [0.2, 0.25) is 0 Å². The molecule has 0 aliphatic carbocycles. The number of sulfonamides is 1. The molecule has 0 radical (unpaired) electrons. The summed E-state index contributed by atoms with van der Waals surface area (Å²) in [6.45, 7) is 2.93. The fourth-order valence-corrected chi connectivity index (χ4v) is 2.83. The van der Waals surface area contributed by atoms with Crippen LogP contribution in [-0.2, 0) is 10.0 Å². The predicted molar refractivity (Wildman–Crippen MR) is 62.8 cm³/mol. The number of nitrogens with zero attached hydrogens (tertiary/aromatic N) is 1. The second-order valence-electron chi connectivity index (χ2n) is 3.80. The lowest BCUT2D eigenvalue weighted by molar-refractivity contribution is 0.265. The quantitative estimate of drug-likeness (QED) is 0.820. The van der Waals surface area contributed by atoms with Gasteiger partial charge in [0.25, 0.3) is 0 Å². The molecule has 0 aliphatic rings. The first-order valence-corrected chi connectivity index (χ1v) is 6.53. The van der Waals surface area contributed by atoms with Crippen molar-refractivity contribution in [3.63, 3.8) is 0 Å². The lowest BCUT2D eigenvalue weighted by Gasteiger charge is -2.13. The molecule has 1 rings (SSSR count). The minimum Gasteiger partial charge on any atom is -0.395 e. The summed E-state index contributed by atoms with van der Waals surface area (Å²) in [6, 6.07) is 5.79. The van der Waals surface area contributed by atoms with E-state index in [0.29, 0.717) is 5.56 Å². The van der Waals surface area contributed by atoms with Crippen molar-refractivity contribution in [3.8, 4) is 6.07 Å². The van der Waals surface area contributed by atoms with Crippen LogP contribution in [0.3, 0.4) is 0 Å². The van der Waals surface area contributed by atoms with E-state index >= 15 is 0 Å². The molecule has 0 saturated heterocycles. The normalized spacial score (nSPS) is 13.1. The second-order valence-corrected chi connectivity index (χ2v) is 5.48. The van der Waals surface area contributed by atoms with E-state index in [2.05, 4.69) is 4.72 Å². The Morgan fingerprint density at radius 3 is 2.71 bits per heavy atom. The molecule has 0 unspecified atom stereocenters. The maximum absolute atomic E-state index is 12.0. The molecule has 5 nitrogen and oxygen atoms in total. The molecule has 0 fully saturated rings. The minimum absolute atomic E-state index is 0.0665. The van der Waals surface area contributed by atoms with Crippen molar-refractivity contribution >= 4 is 10.0 Å². The summed E-state index contributed by atoms with van der Waals surface area (Å²) in [5, 5.41) is 17.6. The van der Waals surface area contributed by atoms with Crippen LogP contribution >= 0.6 is 0 Å². The third-order valence-electron chi connectivity index (χ3n) is 2.24. The Balaban J connectivity index is 3.19. The molecule has 92 valence electrons. The predicted octanol–water partition coefficient (Wildman–Crippen LogP) is 0.526. The Labute approximate surface area is 101 Å². The first kappa shape index (κ1) is 13.6. The molecular weight excluding hydrogens is 240 g/mol. The van der Waals surface area contributed by atoms with E-state index in [1.807, 2.05) is 6.07 Å². The average molecular weight is 254 g/mol. The molecule has 0 saturated carbocycles. The minimum atomic E-state index is -3.70. The third-order valence-corrected chi connectivity index (χ3v) is 3.97. The Morgan fingerprint density at radius 2 is 2.18 bits per heavy atom. The van der Waals surface area contributed by atoms with Gasteiger partial charge in [0, 0.05) is 6.04 Å². The molecule has 1 atom stereocenters. The maximum atomic E-state index is 12.0. The summed E-state index contributed by atoms with van der Waals surface area (Å²) in [5.74, 6) is 0. The summed E-state index contributed by atoms with van der Waals surface area (Å²) in [6.07, 6.45) is 0. The van der Waals surface area contributed by atoms with Gasteiger partial charge in [-0.25, -0.2) is 13.1 Å². The summed E-state index contributed by atoms with van der Waals surface area (Å²) in [7, 11) is -3.70. The number of hydrogen-bond acceptors (Lipinski definition) is 4. The molecule has 2 N–H and O–H groups in total. The first-order chi connectivity index (χ1) is 7.90. The van der Waals surface area contributed by atoms with Crippen molar-refractivity contribution in [1.82, 2.24) is 4.72 Å². The van der Waals surface area contributed by atoms with E-state index in [0.717, 1.165) is 0 Å². The summed E-state index contributed by atoms with van der Waals surface area (Å²) in [5.41, 5.74) is 0.842. The highest BCUT2D eigenvalue weighted by Crippen LogP contribution is 2.16. The number of aliphatic hydroxyl groups excluding tert-OH is 1. The highest BCUT2D eigenvalue weighted by atomic mass is 32.2. The summed E-state index contributed by atoms with van der Waals surface area (Å²) >= 11 is 0. The zero-order valence-corrected chi connectivity index (χ0v) is 10.5. The lowest BCUT2D eigenvalue weighted by atomic mass is 10.2. The zero-order chi connectivity index (χ0) is 13.1. The van der Waals surface area contributed by atoms with Crippen molar-refractivity contribution in [2.75, 3.05) is 6.61 Å². The van der Waals surface area contributed by atoms with Gasteiger partial charge in [0.2, 0.25) is 10.0 Å². The van der Waals surface area contributed by atoms with Crippen LogP contribution in [0.4, 0.5) is 0 Å². The fourth-order valence-electron chi connectivity index (χ4n) is 1.32. The molecule has 17 heavy (non-hydrogen) atoms. The molecule has 0 amide bonds. The van der Waals surface area contributed by atoms with E-state index in [4.69, 9.17) is 10.4 Å². The third kappa shape index (κ3) is 3.27. The van der Waals surface area contributed by atoms with E-state index in [-0.39, 0.29) is 17.1 Å². The van der Waals surface area contributed by atoms with Gasteiger partial charge in [0.15, 0.2) is 0 Å². The topological polar surface area (TPSA) is 90.2 Å². The van der Waals surface area contributed by atoms with Gasteiger partial charge in [-0.15, -0.1) is 0 Å². The highest BCUT2D eigenvalue weighted by molar-refractivity contribution is 7.89. The molecule has 6 heteroatoms. The Bertz CT molecular complexity index is 546. The molecule has 0 bridgehead atoms. The smallest absolute Gasteiger partial charge is 0.241 e. The SMILES string of the molecule is Cc1ccc(C#N)cc1S(=O)(=O)N[C@@H](C)CO. The van der Waals surface area contributed by atoms with Gasteiger partial charge >= 0.3 is 0 Å². The van der Waals surface area contributed by atoms with E-state index < -0.39 is 16.1 Å². The van der Waals surface area contributed by atoms with Crippen molar-refractivity contribution in [1.29, 1.82) is 5.26 Å². The van der Waals surface area contributed by atoms with E-state index in [1.54, 1.807) is 26.0 Å². The van der Waals surface area contributed by atoms with Gasteiger partial charge in [0.05, 0.1) is 23.1 Å².